The van der Waals surface area contributed by atoms with Gasteiger partial charge in [0.2, 0.25) is 0 Å². The predicted molar refractivity (Wildman–Crippen MR) is 97.5 cm³/mol. The fourth-order valence-electron chi connectivity index (χ4n) is 3.62. The number of likely N-dealkylation sites (tertiary alicyclic amines) is 1. The van der Waals surface area contributed by atoms with E-state index >= 15 is 0 Å². The summed E-state index contributed by atoms with van der Waals surface area (Å²) in [5.41, 5.74) is 3.95. The van der Waals surface area contributed by atoms with Crippen molar-refractivity contribution in [3.63, 3.8) is 0 Å². The minimum absolute atomic E-state index is 0.0781. The average molecular weight is 341 g/mol. The molecule has 1 aliphatic rings. The third-order valence-electron chi connectivity index (χ3n) is 4.98. The van der Waals surface area contributed by atoms with Crippen LogP contribution in [0.3, 0.4) is 0 Å². The molecule has 3 rings (SSSR count). The SMILES string of the molecule is CCn1c(C)cc(C(=O)N2CCCC(OCc3ccccn3)C2)c1C. The van der Waals surface area contributed by atoms with E-state index < -0.39 is 0 Å². The van der Waals surface area contributed by atoms with Gasteiger partial charge in [-0.05, 0) is 51.8 Å². The van der Waals surface area contributed by atoms with Gasteiger partial charge in [0.25, 0.3) is 5.91 Å². The average Bonchev–Trinajstić information content (AvgIpc) is 2.94. The first-order valence-corrected chi connectivity index (χ1v) is 9.07. The van der Waals surface area contributed by atoms with Crippen molar-refractivity contribution in [2.45, 2.75) is 52.9 Å². The summed E-state index contributed by atoms with van der Waals surface area (Å²) in [6.07, 6.45) is 3.82. The normalized spacial score (nSPS) is 17.7. The van der Waals surface area contributed by atoms with Gasteiger partial charge in [0.05, 0.1) is 24.0 Å². The number of carbonyl (C=O) groups is 1. The van der Waals surface area contributed by atoms with Gasteiger partial charge in [0.1, 0.15) is 0 Å². The monoisotopic (exact) mass is 341 g/mol. The van der Waals surface area contributed by atoms with E-state index in [0.717, 1.165) is 48.6 Å². The summed E-state index contributed by atoms with van der Waals surface area (Å²) in [4.78, 5) is 19.2. The molecule has 1 amide bonds. The van der Waals surface area contributed by atoms with Crippen LogP contribution >= 0.6 is 0 Å². The maximum absolute atomic E-state index is 13.0. The van der Waals surface area contributed by atoms with Crippen molar-refractivity contribution in [2.75, 3.05) is 13.1 Å². The minimum atomic E-state index is 0.0781. The van der Waals surface area contributed by atoms with Crippen LogP contribution in [0.2, 0.25) is 0 Å². The molecule has 5 nitrogen and oxygen atoms in total. The Morgan fingerprint density at radius 3 is 2.88 bits per heavy atom. The lowest BCUT2D eigenvalue weighted by Crippen LogP contribution is -2.43. The van der Waals surface area contributed by atoms with Crippen LogP contribution in [0.5, 0.6) is 0 Å². The van der Waals surface area contributed by atoms with Crippen molar-refractivity contribution in [3.05, 3.63) is 53.1 Å². The summed E-state index contributed by atoms with van der Waals surface area (Å²) < 4.78 is 8.19. The Labute approximate surface area is 149 Å². The molecule has 0 radical (unpaired) electrons. The molecule has 0 aliphatic carbocycles. The van der Waals surface area contributed by atoms with Gasteiger partial charge in [-0.1, -0.05) is 6.07 Å². The number of pyridine rings is 1. The molecule has 1 unspecified atom stereocenters. The van der Waals surface area contributed by atoms with E-state index in [4.69, 9.17) is 4.74 Å². The fourth-order valence-corrected chi connectivity index (χ4v) is 3.62. The van der Waals surface area contributed by atoms with Crippen molar-refractivity contribution in [3.8, 4) is 0 Å². The van der Waals surface area contributed by atoms with Gasteiger partial charge in [-0.3, -0.25) is 9.78 Å². The largest absolute Gasteiger partial charge is 0.370 e. The van der Waals surface area contributed by atoms with E-state index in [1.165, 1.54) is 0 Å². The van der Waals surface area contributed by atoms with Crippen molar-refractivity contribution in [1.29, 1.82) is 0 Å². The van der Waals surface area contributed by atoms with Crippen molar-refractivity contribution in [2.24, 2.45) is 0 Å². The molecule has 0 saturated carbocycles. The van der Waals surface area contributed by atoms with Crippen LogP contribution in [-0.4, -0.2) is 39.6 Å². The van der Waals surface area contributed by atoms with Crippen LogP contribution in [0.1, 0.15) is 47.2 Å². The minimum Gasteiger partial charge on any atom is -0.370 e. The molecule has 25 heavy (non-hydrogen) atoms. The zero-order valence-corrected chi connectivity index (χ0v) is 15.4. The summed E-state index contributed by atoms with van der Waals surface area (Å²) in [5, 5.41) is 0. The van der Waals surface area contributed by atoms with E-state index in [-0.39, 0.29) is 12.0 Å². The summed E-state index contributed by atoms with van der Waals surface area (Å²) in [6.45, 7) is 9.04. The molecule has 2 aromatic heterocycles. The number of nitrogens with zero attached hydrogens (tertiary/aromatic N) is 3. The second-order valence-electron chi connectivity index (χ2n) is 6.68. The molecular formula is C20H27N3O2. The number of aromatic nitrogens is 2. The second-order valence-corrected chi connectivity index (χ2v) is 6.68. The highest BCUT2D eigenvalue weighted by molar-refractivity contribution is 5.95. The molecule has 134 valence electrons. The van der Waals surface area contributed by atoms with Gasteiger partial charge in [-0.15, -0.1) is 0 Å². The lowest BCUT2D eigenvalue weighted by molar-refractivity contribution is -0.00787. The molecule has 1 atom stereocenters. The molecule has 1 fully saturated rings. The van der Waals surface area contributed by atoms with Crippen LogP contribution < -0.4 is 0 Å². The lowest BCUT2D eigenvalue weighted by Gasteiger charge is -2.32. The Hall–Kier alpha value is -2.14. The number of hydrogen-bond donors (Lipinski definition) is 0. The number of ether oxygens (including phenoxy) is 1. The van der Waals surface area contributed by atoms with Gasteiger partial charge in [0.15, 0.2) is 0 Å². The van der Waals surface area contributed by atoms with Crippen molar-refractivity contribution in [1.82, 2.24) is 14.5 Å². The van der Waals surface area contributed by atoms with Gasteiger partial charge in [-0.25, -0.2) is 0 Å². The molecule has 3 heterocycles. The topological polar surface area (TPSA) is 47.4 Å². The van der Waals surface area contributed by atoms with E-state index in [9.17, 15) is 4.79 Å². The summed E-state index contributed by atoms with van der Waals surface area (Å²) in [5.74, 6) is 0.124. The summed E-state index contributed by atoms with van der Waals surface area (Å²) in [6, 6.07) is 7.84. The highest BCUT2D eigenvalue weighted by atomic mass is 16.5. The molecular weight excluding hydrogens is 314 g/mol. The summed E-state index contributed by atoms with van der Waals surface area (Å²) in [7, 11) is 0. The Morgan fingerprint density at radius 2 is 2.20 bits per heavy atom. The first-order chi connectivity index (χ1) is 12.1. The molecule has 0 bridgehead atoms. The molecule has 1 aliphatic heterocycles. The molecule has 0 spiro atoms. The number of piperidine rings is 1. The van der Waals surface area contributed by atoms with E-state index in [2.05, 4.69) is 23.4 Å². The number of rotatable bonds is 5. The first-order valence-electron chi connectivity index (χ1n) is 9.07. The zero-order valence-electron chi connectivity index (χ0n) is 15.4. The maximum Gasteiger partial charge on any atom is 0.255 e. The third-order valence-corrected chi connectivity index (χ3v) is 4.98. The highest BCUT2D eigenvalue weighted by Gasteiger charge is 2.27. The molecule has 1 saturated heterocycles. The summed E-state index contributed by atoms with van der Waals surface area (Å²) >= 11 is 0. The lowest BCUT2D eigenvalue weighted by atomic mass is 10.1. The number of amides is 1. The first kappa shape index (κ1) is 17.7. The van der Waals surface area contributed by atoms with Crippen LogP contribution in [0.25, 0.3) is 0 Å². The van der Waals surface area contributed by atoms with Crippen molar-refractivity contribution < 1.29 is 9.53 Å². The zero-order chi connectivity index (χ0) is 17.8. The standard InChI is InChI=1S/C20H27N3O2/c1-4-23-15(2)12-19(16(23)3)20(24)22-11-7-9-18(13-22)25-14-17-8-5-6-10-21-17/h5-6,8,10,12,18H,4,7,9,11,13-14H2,1-3H3. The van der Waals surface area contributed by atoms with E-state index in [0.29, 0.717) is 13.2 Å². The van der Waals surface area contributed by atoms with Crippen LogP contribution in [0.4, 0.5) is 0 Å². The number of hydrogen-bond acceptors (Lipinski definition) is 3. The predicted octanol–water partition coefficient (Wildman–Crippen LogP) is 3.34. The fraction of sp³-hybridized carbons (Fsp3) is 0.500. The Balaban J connectivity index is 1.64. The number of carbonyl (C=O) groups excluding carboxylic acids is 1. The third kappa shape index (κ3) is 3.93. The van der Waals surface area contributed by atoms with Gasteiger partial charge < -0.3 is 14.2 Å². The maximum atomic E-state index is 13.0. The van der Waals surface area contributed by atoms with Crippen LogP contribution in [0.15, 0.2) is 30.5 Å². The quantitative estimate of drug-likeness (QED) is 0.838. The van der Waals surface area contributed by atoms with Gasteiger partial charge >= 0.3 is 0 Å². The smallest absolute Gasteiger partial charge is 0.255 e. The Morgan fingerprint density at radius 1 is 1.36 bits per heavy atom. The van der Waals surface area contributed by atoms with Crippen LogP contribution in [-0.2, 0) is 17.9 Å². The number of aryl methyl sites for hydroxylation is 1. The molecule has 5 heteroatoms. The van der Waals surface area contributed by atoms with Crippen LogP contribution in [0, 0.1) is 13.8 Å². The van der Waals surface area contributed by atoms with Gasteiger partial charge in [-0.2, -0.15) is 0 Å². The van der Waals surface area contributed by atoms with E-state index in [1.54, 1.807) is 6.20 Å². The molecule has 0 N–H and O–H groups in total. The van der Waals surface area contributed by atoms with Gasteiger partial charge in [0, 0.05) is 37.2 Å². The highest BCUT2D eigenvalue weighted by Crippen LogP contribution is 2.21. The van der Waals surface area contributed by atoms with E-state index in [1.807, 2.05) is 36.1 Å². The second kappa shape index (κ2) is 7.83. The Kier molecular flexibility index (Phi) is 5.53. The van der Waals surface area contributed by atoms with Crippen molar-refractivity contribution >= 4 is 5.91 Å². The molecule has 2 aromatic rings. The molecule has 0 aromatic carbocycles. The Bertz CT molecular complexity index is 724.